The maximum Gasteiger partial charge on any atom is 0.129 e. The van der Waals surface area contributed by atoms with E-state index in [-0.39, 0.29) is 0 Å². The summed E-state index contributed by atoms with van der Waals surface area (Å²) in [6.45, 7) is 1.58. The molecule has 0 aliphatic heterocycles. The van der Waals surface area contributed by atoms with Crippen LogP contribution in [0, 0.1) is 0 Å². The molecule has 4 heteroatoms. The lowest BCUT2D eigenvalue weighted by Gasteiger charge is -2.10. The minimum absolute atomic E-state index is 0.540. The highest BCUT2D eigenvalue weighted by molar-refractivity contribution is 5.36. The molecule has 0 atom stereocenters. The smallest absolute Gasteiger partial charge is 0.129 e. The highest BCUT2D eigenvalue weighted by atomic mass is 15.0. The zero-order valence-corrected chi connectivity index (χ0v) is 9.39. The lowest BCUT2D eigenvalue weighted by molar-refractivity contribution is 0.720. The lowest BCUT2D eigenvalue weighted by Crippen LogP contribution is -2.10. The molecule has 1 aliphatic rings. The Hall–Kier alpha value is -1.42. The van der Waals surface area contributed by atoms with Gasteiger partial charge in [-0.15, -0.1) is 0 Å². The molecule has 0 amide bonds. The first-order valence-electron chi connectivity index (χ1n) is 5.81. The van der Waals surface area contributed by atoms with Crippen LogP contribution in [-0.4, -0.2) is 23.1 Å². The maximum absolute atomic E-state index is 5.44. The number of aromatic nitrogens is 2. The van der Waals surface area contributed by atoms with Gasteiger partial charge in [0, 0.05) is 24.2 Å². The fraction of sp³-hybridized carbons (Fsp3) is 0.500. The largest absolute Gasteiger partial charge is 0.370 e. The highest BCUT2D eigenvalue weighted by Gasteiger charge is 2.14. The van der Waals surface area contributed by atoms with E-state index in [0.29, 0.717) is 12.5 Å². The fourth-order valence-corrected chi connectivity index (χ4v) is 1.87. The second-order valence-corrected chi connectivity index (χ2v) is 4.04. The van der Waals surface area contributed by atoms with Gasteiger partial charge in [-0.3, -0.25) is 0 Å². The van der Waals surface area contributed by atoms with E-state index in [1.807, 2.05) is 6.07 Å². The van der Waals surface area contributed by atoms with Crippen LogP contribution >= 0.6 is 0 Å². The third kappa shape index (κ3) is 2.79. The van der Waals surface area contributed by atoms with Crippen molar-refractivity contribution >= 4 is 5.82 Å². The average Bonchev–Trinajstić information content (AvgIpc) is 2.83. The van der Waals surface area contributed by atoms with Crippen LogP contribution in [0.15, 0.2) is 24.5 Å². The highest BCUT2D eigenvalue weighted by Crippen LogP contribution is 2.28. The number of nitrogens with two attached hydrogens (primary N) is 1. The van der Waals surface area contributed by atoms with Gasteiger partial charge in [0.25, 0.3) is 0 Å². The van der Waals surface area contributed by atoms with Gasteiger partial charge in [-0.05, 0) is 25.8 Å². The van der Waals surface area contributed by atoms with Crippen LogP contribution in [0.2, 0.25) is 0 Å². The molecule has 1 aromatic heterocycles. The molecule has 0 aromatic carbocycles. The third-order valence-electron chi connectivity index (χ3n) is 2.80. The summed E-state index contributed by atoms with van der Waals surface area (Å²) in [5.41, 5.74) is 6.58. The van der Waals surface area contributed by atoms with Crippen LogP contribution < -0.4 is 11.1 Å². The molecule has 0 saturated carbocycles. The first-order chi connectivity index (χ1) is 7.90. The Bertz CT molecular complexity index is 354. The molecule has 1 aliphatic carbocycles. The topological polar surface area (TPSA) is 63.8 Å². The van der Waals surface area contributed by atoms with Crippen LogP contribution in [0.1, 0.15) is 30.9 Å². The molecule has 4 nitrogen and oxygen atoms in total. The van der Waals surface area contributed by atoms with E-state index in [1.54, 1.807) is 6.33 Å². The summed E-state index contributed by atoms with van der Waals surface area (Å²) in [4.78, 5) is 8.53. The minimum atomic E-state index is 0.540. The molecule has 0 unspecified atom stereocenters. The van der Waals surface area contributed by atoms with Crippen LogP contribution in [0.3, 0.4) is 0 Å². The molecule has 2 rings (SSSR count). The van der Waals surface area contributed by atoms with Crippen molar-refractivity contribution in [1.29, 1.82) is 0 Å². The van der Waals surface area contributed by atoms with Crippen molar-refractivity contribution in [2.24, 2.45) is 5.73 Å². The molecule has 0 spiro atoms. The van der Waals surface area contributed by atoms with Crippen molar-refractivity contribution in [2.75, 3.05) is 18.4 Å². The molecule has 1 heterocycles. The van der Waals surface area contributed by atoms with E-state index in [4.69, 9.17) is 5.73 Å². The summed E-state index contributed by atoms with van der Waals surface area (Å²) in [6, 6.07) is 2.05. The van der Waals surface area contributed by atoms with Crippen molar-refractivity contribution in [3.8, 4) is 0 Å². The number of hydrogen-bond donors (Lipinski definition) is 2. The first-order valence-corrected chi connectivity index (χ1v) is 5.81. The zero-order chi connectivity index (χ0) is 11.2. The van der Waals surface area contributed by atoms with E-state index < -0.39 is 0 Å². The van der Waals surface area contributed by atoms with E-state index in [0.717, 1.165) is 37.3 Å². The van der Waals surface area contributed by atoms with E-state index >= 15 is 0 Å². The fourth-order valence-electron chi connectivity index (χ4n) is 1.87. The van der Waals surface area contributed by atoms with Crippen molar-refractivity contribution in [3.05, 3.63) is 30.2 Å². The first kappa shape index (κ1) is 11.1. The molecule has 0 saturated heterocycles. The van der Waals surface area contributed by atoms with Gasteiger partial charge in [0.05, 0.1) is 0 Å². The van der Waals surface area contributed by atoms with Crippen molar-refractivity contribution < 1.29 is 0 Å². The van der Waals surface area contributed by atoms with Gasteiger partial charge >= 0.3 is 0 Å². The Morgan fingerprint density at radius 3 is 2.88 bits per heavy atom. The summed E-state index contributed by atoms with van der Waals surface area (Å²) in [7, 11) is 0. The number of allylic oxidation sites excluding steroid dienone is 2. The minimum Gasteiger partial charge on any atom is -0.370 e. The van der Waals surface area contributed by atoms with Crippen LogP contribution in [0.25, 0.3) is 0 Å². The van der Waals surface area contributed by atoms with Gasteiger partial charge in [-0.25, -0.2) is 9.97 Å². The molecule has 0 radical (unpaired) electrons. The summed E-state index contributed by atoms with van der Waals surface area (Å²) in [6.07, 6.45) is 9.23. The van der Waals surface area contributed by atoms with Gasteiger partial charge in [-0.2, -0.15) is 0 Å². The summed E-state index contributed by atoms with van der Waals surface area (Å²) in [5, 5.41) is 3.26. The summed E-state index contributed by atoms with van der Waals surface area (Å²) >= 11 is 0. The molecule has 86 valence electrons. The number of anilines is 1. The monoisotopic (exact) mass is 218 g/mol. The van der Waals surface area contributed by atoms with Crippen molar-refractivity contribution in [1.82, 2.24) is 9.97 Å². The summed E-state index contributed by atoms with van der Waals surface area (Å²) < 4.78 is 0. The van der Waals surface area contributed by atoms with Gasteiger partial charge < -0.3 is 11.1 Å². The second-order valence-electron chi connectivity index (χ2n) is 4.04. The number of hydrogen-bond acceptors (Lipinski definition) is 4. The quantitative estimate of drug-likeness (QED) is 0.583. The molecule has 3 N–H and O–H groups in total. The van der Waals surface area contributed by atoms with E-state index in [1.165, 1.54) is 0 Å². The van der Waals surface area contributed by atoms with Crippen LogP contribution in [-0.2, 0) is 0 Å². The van der Waals surface area contributed by atoms with Crippen LogP contribution in [0.5, 0.6) is 0 Å². The van der Waals surface area contributed by atoms with E-state index in [2.05, 4.69) is 27.4 Å². The SMILES string of the molecule is NCCCNc1cc(C2CC=CC2)ncn1. The zero-order valence-electron chi connectivity index (χ0n) is 9.39. The molecular formula is C12H18N4. The predicted octanol–water partition coefficient (Wildman–Crippen LogP) is 1.67. The van der Waals surface area contributed by atoms with Gasteiger partial charge in [0.15, 0.2) is 0 Å². The standard InChI is InChI=1S/C12H18N4/c13-6-3-7-14-12-8-11(15-9-16-12)10-4-1-2-5-10/h1-2,8-10H,3-7,13H2,(H,14,15,16). The molecule has 16 heavy (non-hydrogen) atoms. The Labute approximate surface area is 96.0 Å². The van der Waals surface area contributed by atoms with Gasteiger partial charge in [0.1, 0.15) is 12.1 Å². The Morgan fingerprint density at radius 1 is 1.31 bits per heavy atom. The average molecular weight is 218 g/mol. The Morgan fingerprint density at radius 2 is 2.12 bits per heavy atom. The Kier molecular flexibility index (Phi) is 3.88. The van der Waals surface area contributed by atoms with Gasteiger partial charge in [-0.1, -0.05) is 12.2 Å². The second kappa shape index (κ2) is 5.61. The van der Waals surface area contributed by atoms with Crippen LogP contribution in [0.4, 0.5) is 5.82 Å². The van der Waals surface area contributed by atoms with Gasteiger partial charge in [0.2, 0.25) is 0 Å². The lowest BCUT2D eigenvalue weighted by atomic mass is 10.0. The van der Waals surface area contributed by atoms with E-state index in [9.17, 15) is 0 Å². The predicted molar refractivity (Wildman–Crippen MR) is 65.3 cm³/mol. The number of nitrogens with zero attached hydrogens (tertiary/aromatic N) is 2. The van der Waals surface area contributed by atoms with Crippen molar-refractivity contribution in [3.63, 3.8) is 0 Å². The molecule has 1 aromatic rings. The van der Waals surface area contributed by atoms with Crippen molar-refractivity contribution in [2.45, 2.75) is 25.2 Å². The molecular weight excluding hydrogens is 200 g/mol. The summed E-state index contributed by atoms with van der Waals surface area (Å²) in [5.74, 6) is 1.45. The number of nitrogens with one attached hydrogen (secondary N) is 1. The third-order valence-corrected chi connectivity index (χ3v) is 2.80. The molecule has 0 fully saturated rings. The maximum atomic E-state index is 5.44. The molecule has 0 bridgehead atoms. The number of rotatable bonds is 5. The normalized spacial score (nSPS) is 15.6. The Balaban J connectivity index is 1.96.